The van der Waals surface area contributed by atoms with Crippen molar-refractivity contribution in [3.8, 4) is 0 Å². The summed E-state index contributed by atoms with van der Waals surface area (Å²) in [4.78, 5) is 37.4. The van der Waals surface area contributed by atoms with Crippen molar-refractivity contribution in [1.29, 1.82) is 0 Å². The lowest BCUT2D eigenvalue weighted by atomic mass is 9.34. The molecule has 1 N–H and O–H groups in total. The molecule has 4 fully saturated rings. The molecule has 4 saturated carbocycles. The average molecular weight is 461 g/mol. The molecule has 0 saturated heterocycles. The summed E-state index contributed by atoms with van der Waals surface area (Å²) < 4.78 is 6.04. The number of carbonyl (C=O) groups is 3. The molecular weight excluding hydrogens is 416 g/mol. The van der Waals surface area contributed by atoms with Crippen molar-refractivity contribution in [2.75, 3.05) is 0 Å². The van der Waals surface area contributed by atoms with Crippen molar-refractivity contribution in [1.82, 2.24) is 0 Å². The van der Waals surface area contributed by atoms with Gasteiger partial charge in [-0.1, -0.05) is 41.0 Å². The van der Waals surface area contributed by atoms with Gasteiger partial charge in [0.25, 0.3) is 0 Å². The SMILES string of the molecule is CC(=O)O[C@H]1CC2[C@@]3(C)CCCC(C)(C)C3CC[C@@]2(C)C2C[C@H](O)[C@@H](C(C)=O)[C@H](C=O)[C@]21C. The van der Waals surface area contributed by atoms with E-state index in [1.165, 1.54) is 33.1 Å². The number of ether oxygens (including phenoxy) is 1. The zero-order valence-electron chi connectivity index (χ0n) is 21.6. The molecule has 3 unspecified atom stereocenters. The molecule has 4 aliphatic carbocycles. The molecule has 5 heteroatoms. The Balaban J connectivity index is 1.86. The molecule has 186 valence electrons. The second-order valence-corrected chi connectivity index (χ2v) is 13.4. The van der Waals surface area contributed by atoms with E-state index in [1.807, 2.05) is 0 Å². The summed E-state index contributed by atoms with van der Waals surface area (Å²) >= 11 is 0. The lowest BCUT2D eigenvalue weighted by Crippen LogP contribution is -2.69. The highest BCUT2D eigenvalue weighted by molar-refractivity contribution is 5.83. The van der Waals surface area contributed by atoms with Gasteiger partial charge in [-0.2, -0.15) is 0 Å². The molecule has 0 aromatic heterocycles. The first-order valence-corrected chi connectivity index (χ1v) is 13.0. The number of hydrogen-bond acceptors (Lipinski definition) is 5. The van der Waals surface area contributed by atoms with Crippen LogP contribution in [0.1, 0.15) is 93.4 Å². The molecule has 0 amide bonds. The fraction of sp³-hybridized carbons (Fsp3) is 0.893. The van der Waals surface area contributed by atoms with E-state index in [1.54, 1.807) is 0 Å². The van der Waals surface area contributed by atoms with Crippen molar-refractivity contribution in [3.63, 3.8) is 0 Å². The van der Waals surface area contributed by atoms with Gasteiger partial charge in [0, 0.05) is 18.3 Å². The van der Waals surface area contributed by atoms with Crippen LogP contribution >= 0.6 is 0 Å². The highest BCUT2D eigenvalue weighted by Gasteiger charge is 2.71. The van der Waals surface area contributed by atoms with Gasteiger partial charge in [-0.05, 0) is 79.4 Å². The number of hydrogen-bond donors (Lipinski definition) is 1. The quantitative estimate of drug-likeness (QED) is 0.475. The van der Waals surface area contributed by atoms with Crippen LogP contribution in [0.15, 0.2) is 0 Å². The smallest absolute Gasteiger partial charge is 0.302 e. The predicted octanol–water partition coefficient (Wildman–Crippen LogP) is 4.98. The normalized spacial score (nSPS) is 50.8. The number of Topliss-reactive ketones (excluding diaryl/α,β-unsaturated/α-hetero) is 1. The average Bonchev–Trinajstić information content (AvgIpc) is 2.68. The molecule has 0 aromatic carbocycles. The predicted molar refractivity (Wildman–Crippen MR) is 126 cm³/mol. The van der Waals surface area contributed by atoms with Gasteiger partial charge < -0.3 is 14.6 Å². The van der Waals surface area contributed by atoms with E-state index in [0.29, 0.717) is 18.3 Å². The summed E-state index contributed by atoms with van der Waals surface area (Å²) in [5.41, 5.74) is -0.327. The van der Waals surface area contributed by atoms with Crippen molar-refractivity contribution >= 4 is 18.0 Å². The van der Waals surface area contributed by atoms with Crippen molar-refractivity contribution in [2.24, 2.45) is 51.2 Å². The van der Waals surface area contributed by atoms with Gasteiger partial charge in [-0.15, -0.1) is 0 Å². The summed E-state index contributed by atoms with van der Waals surface area (Å²) in [7, 11) is 0. The molecule has 0 spiro atoms. The van der Waals surface area contributed by atoms with Gasteiger partial charge in [0.15, 0.2) is 0 Å². The van der Waals surface area contributed by atoms with Gasteiger partial charge in [0.1, 0.15) is 18.2 Å². The first kappa shape index (κ1) is 24.9. The molecule has 33 heavy (non-hydrogen) atoms. The first-order chi connectivity index (χ1) is 15.2. The number of ketones is 1. The van der Waals surface area contributed by atoms with E-state index < -0.39 is 29.5 Å². The van der Waals surface area contributed by atoms with E-state index in [2.05, 4.69) is 34.6 Å². The van der Waals surface area contributed by atoms with Crippen LogP contribution in [0, 0.1) is 51.2 Å². The van der Waals surface area contributed by atoms with E-state index in [0.717, 1.165) is 25.5 Å². The topological polar surface area (TPSA) is 80.7 Å². The minimum Gasteiger partial charge on any atom is -0.462 e. The molecule has 0 bridgehead atoms. The molecule has 4 rings (SSSR count). The van der Waals surface area contributed by atoms with Gasteiger partial charge in [-0.3, -0.25) is 9.59 Å². The first-order valence-electron chi connectivity index (χ1n) is 13.0. The van der Waals surface area contributed by atoms with Crippen LogP contribution in [-0.4, -0.2) is 35.4 Å². The van der Waals surface area contributed by atoms with Crippen LogP contribution in [0.25, 0.3) is 0 Å². The maximum atomic E-state index is 12.6. The van der Waals surface area contributed by atoms with Crippen molar-refractivity contribution in [3.05, 3.63) is 0 Å². The lowest BCUT2D eigenvalue weighted by molar-refractivity contribution is -0.261. The van der Waals surface area contributed by atoms with Crippen LogP contribution < -0.4 is 0 Å². The Bertz CT molecular complexity index is 834. The Hall–Kier alpha value is -1.23. The van der Waals surface area contributed by atoms with Crippen molar-refractivity contribution in [2.45, 2.75) is 106 Å². The van der Waals surface area contributed by atoms with Gasteiger partial charge in [0.2, 0.25) is 0 Å². The third-order valence-corrected chi connectivity index (χ3v) is 11.5. The third kappa shape index (κ3) is 3.38. The second kappa shape index (κ2) is 7.90. The summed E-state index contributed by atoms with van der Waals surface area (Å²) in [6.45, 7) is 14.6. The largest absolute Gasteiger partial charge is 0.462 e. The Morgan fingerprint density at radius 1 is 0.909 bits per heavy atom. The van der Waals surface area contributed by atoms with E-state index in [9.17, 15) is 19.5 Å². The third-order valence-electron chi connectivity index (χ3n) is 11.5. The van der Waals surface area contributed by atoms with Crippen LogP contribution in [0.3, 0.4) is 0 Å². The van der Waals surface area contributed by atoms with Gasteiger partial charge >= 0.3 is 5.97 Å². The minimum absolute atomic E-state index is 0.0108. The fourth-order valence-corrected chi connectivity index (χ4v) is 10.2. The highest BCUT2D eigenvalue weighted by atomic mass is 16.5. The number of aldehydes is 1. The lowest BCUT2D eigenvalue weighted by Gasteiger charge is -2.71. The highest BCUT2D eigenvalue weighted by Crippen LogP contribution is 2.73. The zero-order chi connectivity index (χ0) is 24.6. The van der Waals surface area contributed by atoms with E-state index in [4.69, 9.17) is 4.74 Å². The van der Waals surface area contributed by atoms with Gasteiger partial charge in [-0.25, -0.2) is 0 Å². The maximum Gasteiger partial charge on any atom is 0.302 e. The number of carbonyl (C=O) groups excluding carboxylic acids is 3. The summed E-state index contributed by atoms with van der Waals surface area (Å²) in [6, 6.07) is 0. The zero-order valence-corrected chi connectivity index (χ0v) is 21.6. The fourth-order valence-electron chi connectivity index (χ4n) is 10.2. The van der Waals surface area contributed by atoms with Crippen LogP contribution in [-0.2, 0) is 19.1 Å². The number of rotatable bonds is 3. The monoisotopic (exact) mass is 460 g/mol. The van der Waals surface area contributed by atoms with Crippen molar-refractivity contribution < 1.29 is 24.2 Å². The molecule has 10 atom stereocenters. The maximum absolute atomic E-state index is 12.6. The molecule has 0 aliphatic heterocycles. The Morgan fingerprint density at radius 2 is 1.55 bits per heavy atom. The molecule has 0 radical (unpaired) electrons. The Morgan fingerprint density at radius 3 is 2.12 bits per heavy atom. The minimum atomic E-state index is -0.836. The Kier molecular flexibility index (Phi) is 5.95. The molecule has 0 heterocycles. The summed E-state index contributed by atoms with van der Waals surface area (Å²) in [5, 5.41) is 11.2. The summed E-state index contributed by atoms with van der Waals surface area (Å²) in [5.74, 6) is -0.907. The number of aliphatic hydroxyl groups excluding tert-OH is 1. The molecule has 5 nitrogen and oxygen atoms in total. The van der Waals surface area contributed by atoms with E-state index in [-0.39, 0.29) is 33.9 Å². The number of aliphatic hydroxyl groups is 1. The van der Waals surface area contributed by atoms with Crippen LogP contribution in [0.2, 0.25) is 0 Å². The molecular formula is C28H44O5. The van der Waals surface area contributed by atoms with Gasteiger partial charge in [0.05, 0.1) is 12.0 Å². The second-order valence-electron chi connectivity index (χ2n) is 13.4. The molecule has 0 aromatic rings. The van der Waals surface area contributed by atoms with E-state index >= 15 is 0 Å². The number of esters is 1. The van der Waals surface area contributed by atoms with Crippen LogP contribution in [0.5, 0.6) is 0 Å². The standard InChI is InChI=1S/C28H44O5/c1-16(30)24-18(15-29)28(7)22(13-19(24)32)27(6)12-9-20-25(3,4)10-8-11-26(20,5)21(27)14-23(28)33-17(2)31/h15,18-24,32H,8-14H2,1-7H3/t18-,19-,20?,21?,22?,23-,24-,26-,27+,28+/m0/s1. The number of fused-ring (bicyclic) bond motifs is 5. The van der Waals surface area contributed by atoms with Crippen LogP contribution in [0.4, 0.5) is 0 Å². The molecule has 4 aliphatic rings. The Labute approximate surface area is 199 Å². The summed E-state index contributed by atoms with van der Waals surface area (Å²) in [6.07, 6.45) is 6.66.